The molecule has 0 bridgehead atoms. The van der Waals surface area contributed by atoms with Crippen molar-refractivity contribution in [3.8, 4) is 0 Å². The third-order valence-electron chi connectivity index (χ3n) is 4.36. The van der Waals surface area contributed by atoms with Gasteiger partial charge in [0.15, 0.2) is 0 Å². The molecule has 132 valence electrons. The molecule has 0 aromatic carbocycles. The van der Waals surface area contributed by atoms with E-state index in [1.807, 2.05) is 42.0 Å². The van der Waals surface area contributed by atoms with Gasteiger partial charge in [0.25, 0.3) is 0 Å². The number of likely N-dealkylation sites (tertiary alicyclic amines) is 1. The molecule has 0 N–H and O–H groups in total. The molecule has 1 saturated heterocycles. The molecule has 0 unspecified atom stereocenters. The van der Waals surface area contributed by atoms with Crippen LogP contribution < -0.4 is 0 Å². The molecule has 0 aliphatic carbocycles. The highest BCUT2D eigenvalue weighted by atomic mass is 32.1. The third-order valence-corrected chi connectivity index (χ3v) is 5.22. The monoisotopic (exact) mass is 348 g/mol. The third kappa shape index (κ3) is 4.69. The summed E-state index contributed by atoms with van der Waals surface area (Å²) in [5, 5.41) is 2.03. The maximum absolute atomic E-state index is 12.9. The zero-order chi connectivity index (χ0) is 17.7. The zero-order valence-corrected chi connectivity index (χ0v) is 15.8. The van der Waals surface area contributed by atoms with Crippen LogP contribution in [0.4, 0.5) is 0 Å². The average Bonchev–Trinajstić information content (AvgIpc) is 3.05. The van der Waals surface area contributed by atoms with Crippen molar-refractivity contribution in [2.75, 3.05) is 19.6 Å². The van der Waals surface area contributed by atoms with Gasteiger partial charge >= 0.3 is 0 Å². The van der Waals surface area contributed by atoms with Crippen LogP contribution >= 0.6 is 11.3 Å². The van der Waals surface area contributed by atoms with Crippen molar-refractivity contribution in [1.82, 2.24) is 9.80 Å². The predicted octanol–water partition coefficient (Wildman–Crippen LogP) is 3.55. The Morgan fingerprint density at radius 1 is 1.38 bits per heavy atom. The largest absolute Gasteiger partial charge is 0.342 e. The molecule has 1 fully saturated rings. The highest BCUT2D eigenvalue weighted by molar-refractivity contribution is 7.09. The number of hydrogen-bond donors (Lipinski definition) is 0. The lowest BCUT2D eigenvalue weighted by molar-refractivity contribution is -0.145. The van der Waals surface area contributed by atoms with Gasteiger partial charge in [-0.05, 0) is 24.3 Å². The smallest absolute Gasteiger partial charge is 0.227 e. The lowest BCUT2D eigenvalue weighted by Gasteiger charge is -2.36. The molecule has 1 aliphatic rings. The molecule has 2 amide bonds. The Hall–Kier alpha value is -1.62. The number of thiophene rings is 1. The van der Waals surface area contributed by atoms with Crippen LogP contribution in [0.3, 0.4) is 0 Å². The van der Waals surface area contributed by atoms with Gasteiger partial charge < -0.3 is 9.80 Å². The van der Waals surface area contributed by atoms with Crippen molar-refractivity contribution in [3.05, 3.63) is 35.0 Å². The van der Waals surface area contributed by atoms with E-state index in [4.69, 9.17) is 0 Å². The first-order valence-corrected chi connectivity index (χ1v) is 9.42. The molecule has 5 heteroatoms. The SMILES string of the molecule is C=CCN(Cc1cccs1)C(=O)C1CCN(C(=O)C(C)(C)C)CC1. The van der Waals surface area contributed by atoms with Crippen molar-refractivity contribution < 1.29 is 9.59 Å². The highest BCUT2D eigenvalue weighted by Gasteiger charge is 2.33. The van der Waals surface area contributed by atoms with Crippen LogP contribution in [0.15, 0.2) is 30.2 Å². The van der Waals surface area contributed by atoms with Gasteiger partial charge in [0.1, 0.15) is 0 Å². The first-order valence-electron chi connectivity index (χ1n) is 8.54. The fourth-order valence-electron chi connectivity index (χ4n) is 3.04. The Kier molecular flexibility index (Phi) is 6.21. The summed E-state index contributed by atoms with van der Waals surface area (Å²) in [5.41, 5.74) is -0.356. The Balaban J connectivity index is 1.94. The van der Waals surface area contributed by atoms with E-state index in [1.54, 1.807) is 17.4 Å². The summed E-state index contributed by atoms with van der Waals surface area (Å²) >= 11 is 1.67. The van der Waals surface area contributed by atoms with E-state index in [0.29, 0.717) is 26.2 Å². The van der Waals surface area contributed by atoms with Gasteiger partial charge in [-0.2, -0.15) is 0 Å². The van der Waals surface area contributed by atoms with Crippen LogP contribution in [0, 0.1) is 11.3 Å². The average molecular weight is 349 g/mol. The summed E-state index contributed by atoms with van der Waals surface area (Å²) in [5.74, 6) is 0.370. The van der Waals surface area contributed by atoms with Crippen LogP contribution in [-0.4, -0.2) is 41.2 Å². The van der Waals surface area contributed by atoms with Gasteiger partial charge in [0.05, 0.1) is 6.54 Å². The van der Waals surface area contributed by atoms with Gasteiger partial charge in [-0.1, -0.05) is 32.9 Å². The minimum absolute atomic E-state index is 0.00827. The van der Waals surface area contributed by atoms with Crippen molar-refractivity contribution >= 4 is 23.2 Å². The second-order valence-corrected chi connectivity index (χ2v) is 8.44. The number of nitrogens with zero attached hydrogens (tertiary/aromatic N) is 2. The zero-order valence-electron chi connectivity index (χ0n) is 15.0. The molecule has 0 atom stereocenters. The first-order chi connectivity index (χ1) is 11.3. The fraction of sp³-hybridized carbons (Fsp3) is 0.579. The van der Waals surface area contributed by atoms with Gasteiger partial charge in [-0.25, -0.2) is 0 Å². The second kappa shape index (κ2) is 7.97. The Morgan fingerprint density at radius 2 is 2.04 bits per heavy atom. The van der Waals surface area contributed by atoms with Crippen molar-refractivity contribution in [3.63, 3.8) is 0 Å². The van der Waals surface area contributed by atoms with E-state index in [-0.39, 0.29) is 23.1 Å². The van der Waals surface area contributed by atoms with E-state index in [0.717, 1.165) is 12.8 Å². The summed E-state index contributed by atoms with van der Waals surface area (Å²) in [7, 11) is 0. The Morgan fingerprint density at radius 3 is 2.54 bits per heavy atom. The number of rotatable bonds is 5. The summed E-state index contributed by atoms with van der Waals surface area (Å²) in [6, 6.07) is 4.06. The number of carbonyl (C=O) groups excluding carboxylic acids is 2. The molecule has 24 heavy (non-hydrogen) atoms. The molecule has 2 heterocycles. The van der Waals surface area contributed by atoms with Crippen LogP contribution in [-0.2, 0) is 16.1 Å². The summed E-state index contributed by atoms with van der Waals surface area (Å²) in [6.07, 6.45) is 3.28. The lowest BCUT2D eigenvalue weighted by atomic mass is 9.90. The van der Waals surface area contributed by atoms with E-state index >= 15 is 0 Å². The van der Waals surface area contributed by atoms with E-state index in [1.165, 1.54) is 4.88 Å². The molecule has 1 aromatic rings. The minimum Gasteiger partial charge on any atom is -0.342 e. The molecule has 1 aliphatic heterocycles. The second-order valence-electron chi connectivity index (χ2n) is 7.40. The number of carbonyl (C=O) groups is 2. The molecular formula is C19H28N2O2S. The summed E-state index contributed by atoms with van der Waals surface area (Å²) in [4.78, 5) is 30.2. The van der Waals surface area contributed by atoms with Crippen molar-refractivity contribution in [1.29, 1.82) is 0 Å². The van der Waals surface area contributed by atoms with Crippen LogP contribution in [0.2, 0.25) is 0 Å². The topological polar surface area (TPSA) is 40.6 Å². The molecule has 0 radical (unpaired) electrons. The quantitative estimate of drug-likeness (QED) is 0.764. The van der Waals surface area contributed by atoms with Crippen LogP contribution in [0.25, 0.3) is 0 Å². The maximum atomic E-state index is 12.9. The maximum Gasteiger partial charge on any atom is 0.227 e. The number of amides is 2. The minimum atomic E-state index is -0.356. The van der Waals surface area contributed by atoms with Gasteiger partial charge in [0.2, 0.25) is 11.8 Å². The lowest BCUT2D eigenvalue weighted by Crippen LogP contribution is -2.47. The molecule has 1 aromatic heterocycles. The summed E-state index contributed by atoms with van der Waals surface area (Å²) in [6.45, 7) is 12.2. The molecular weight excluding hydrogens is 320 g/mol. The standard InChI is InChI=1S/C19H28N2O2S/c1-5-10-21(14-16-7-6-13-24-16)17(22)15-8-11-20(12-9-15)18(23)19(2,3)4/h5-7,13,15H,1,8-12,14H2,2-4H3. The van der Waals surface area contributed by atoms with Crippen LogP contribution in [0.5, 0.6) is 0 Å². The van der Waals surface area contributed by atoms with Crippen molar-refractivity contribution in [2.24, 2.45) is 11.3 Å². The number of hydrogen-bond acceptors (Lipinski definition) is 3. The summed E-state index contributed by atoms with van der Waals surface area (Å²) < 4.78 is 0. The molecule has 0 saturated carbocycles. The van der Waals surface area contributed by atoms with Crippen molar-refractivity contribution in [2.45, 2.75) is 40.2 Å². The normalized spacial score (nSPS) is 16.0. The Labute approximate surface area is 149 Å². The first kappa shape index (κ1) is 18.7. The van der Waals surface area contributed by atoms with E-state index in [9.17, 15) is 9.59 Å². The highest BCUT2D eigenvalue weighted by Crippen LogP contribution is 2.25. The molecule has 2 rings (SSSR count). The molecule has 0 spiro atoms. The molecule has 4 nitrogen and oxygen atoms in total. The van der Waals surface area contributed by atoms with Crippen LogP contribution in [0.1, 0.15) is 38.5 Å². The van der Waals surface area contributed by atoms with Gasteiger partial charge in [-0.3, -0.25) is 9.59 Å². The Bertz CT molecular complexity index is 567. The van der Waals surface area contributed by atoms with Gasteiger partial charge in [-0.15, -0.1) is 17.9 Å². The van der Waals surface area contributed by atoms with E-state index < -0.39 is 0 Å². The van der Waals surface area contributed by atoms with E-state index in [2.05, 4.69) is 12.6 Å². The van der Waals surface area contributed by atoms with Gasteiger partial charge in [0, 0.05) is 35.8 Å². The number of piperidine rings is 1. The predicted molar refractivity (Wildman–Crippen MR) is 98.7 cm³/mol. The fourth-order valence-corrected chi connectivity index (χ4v) is 3.76.